The first-order valence-corrected chi connectivity index (χ1v) is 9.99. The van der Waals surface area contributed by atoms with E-state index in [0.29, 0.717) is 11.5 Å². The summed E-state index contributed by atoms with van der Waals surface area (Å²) in [5.74, 6) is 2.30. The normalized spacial score (nSPS) is 24.5. The van der Waals surface area contributed by atoms with Crippen LogP contribution in [0.5, 0.6) is 23.0 Å². The Labute approximate surface area is 167 Å². The summed E-state index contributed by atoms with van der Waals surface area (Å²) in [6.07, 6.45) is 1.48. The van der Waals surface area contributed by atoms with Crippen LogP contribution < -0.4 is 9.47 Å². The van der Waals surface area contributed by atoms with E-state index in [1.807, 2.05) is 38.1 Å². The summed E-state index contributed by atoms with van der Waals surface area (Å²) in [6, 6.07) is 7.55. The van der Waals surface area contributed by atoms with Gasteiger partial charge < -0.3 is 19.7 Å². The van der Waals surface area contributed by atoms with Crippen molar-refractivity contribution in [1.82, 2.24) is 0 Å². The van der Waals surface area contributed by atoms with Gasteiger partial charge in [-0.25, -0.2) is 0 Å². The van der Waals surface area contributed by atoms with Gasteiger partial charge in [-0.2, -0.15) is 0 Å². The molecule has 2 N–H and O–H groups in total. The minimum atomic E-state index is -0.123. The van der Waals surface area contributed by atoms with Crippen LogP contribution in [0.1, 0.15) is 62.8 Å². The van der Waals surface area contributed by atoms with Crippen molar-refractivity contribution in [3.63, 3.8) is 0 Å². The van der Waals surface area contributed by atoms with Crippen molar-refractivity contribution in [2.75, 3.05) is 0 Å². The molecule has 2 aliphatic heterocycles. The van der Waals surface area contributed by atoms with Crippen LogP contribution in [-0.2, 0) is 10.8 Å². The number of aryl methyl sites for hydroxylation is 2. The zero-order valence-corrected chi connectivity index (χ0v) is 17.6. The zero-order chi connectivity index (χ0) is 20.4. The van der Waals surface area contributed by atoms with Crippen LogP contribution in [0.4, 0.5) is 0 Å². The van der Waals surface area contributed by atoms with Crippen LogP contribution in [0.3, 0.4) is 0 Å². The molecule has 2 aromatic rings. The van der Waals surface area contributed by atoms with Gasteiger partial charge >= 0.3 is 0 Å². The van der Waals surface area contributed by atoms with Gasteiger partial charge in [0.15, 0.2) is 0 Å². The lowest BCUT2D eigenvalue weighted by molar-refractivity contribution is -0.00256. The van der Waals surface area contributed by atoms with Gasteiger partial charge in [0.25, 0.3) is 0 Å². The molecule has 0 radical (unpaired) electrons. The number of fused-ring (bicyclic) bond motifs is 2. The van der Waals surface area contributed by atoms with Crippen molar-refractivity contribution in [2.24, 2.45) is 0 Å². The predicted molar refractivity (Wildman–Crippen MR) is 110 cm³/mol. The van der Waals surface area contributed by atoms with Gasteiger partial charge in [-0.3, -0.25) is 0 Å². The van der Waals surface area contributed by atoms with E-state index >= 15 is 0 Å². The first-order valence-electron chi connectivity index (χ1n) is 9.99. The molecule has 150 valence electrons. The molecule has 0 aliphatic carbocycles. The average Bonchev–Trinajstić information content (AvgIpc) is 2.57. The van der Waals surface area contributed by atoms with Crippen molar-refractivity contribution < 1.29 is 19.7 Å². The van der Waals surface area contributed by atoms with E-state index in [1.165, 1.54) is 0 Å². The molecule has 2 unspecified atom stereocenters. The predicted octanol–water partition coefficient (Wildman–Crippen LogP) is 5.27. The molecular formula is C24H30O4. The SMILES string of the molecule is Cc1cc2c(cc1O)C(C)(C)CC(C1CC(C)(C)c3cc(O)c(C)cc3O1)O2. The van der Waals surface area contributed by atoms with E-state index in [9.17, 15) is 10.2 Å². The second-order valence-corrected chi connectivity index (χ2v) is 9.76. The average molecular weight is 383 g/mol. The fourth-order valence-corrected chi connectivity index (χ4v) is 4.64. The standard InChI is InChI=1S/C24H30O4/c1-13-7-19-15(9-17(13)25)23(3,4)11-21(27-19)22-12-24(5,6)16-10-18(26)14(2)8-20(16)28-22/h7-10,21-22,25-26H,11-12H2,1-6H3. The molecule has 0 amide bonds. The van der Waals surface area contributed by atoms with Crippen molar-refractivity contribution in [2.45, 2.75) is 77.4 Å². The molecule has 0 saturated heterocycles. The van der Waals surface area contributed by atoms with E-state index in [2.05, 4.69) is 27.7 Å². The largest absolute Gasteiger partial charge is 0.508 e. The van der Waals surface area contributed by atoms with E-state index in [-0.39, 0.29) is 23.0 Å². The Hall–Kier alpha value is -2.36. The maximum Gasteiger partial charge on any atom is 0.136 e. The van der Waals surface area contributed by atoms with Gasteiger partial charge in [-0.15, -0.1) is 0 Å². The summed E-state index contributed by atoms with van der Waals surface area (Å²) in [6.45, 7) is 12.6. The van der Waals surface area contributed by atoms with Crippen LogP contribution >= 0.6 is 0 Å². The van der Waals surface area contributed by atoms with Gasteiger partial charge in [0.05, 0.1) is 0 Å². The third-order valence-corrected chi connectivity index (χ3v) is 6.45. The Morgan fingerprint density at radius 2 is 1.07 bits per heavy atom. The highest BCUT2D eigenvalue weighted by molar-refractivity contribution is 5.51. The monoisotopic (exact) mass is 382 g/mol. The minimum absolute atomic E-state index is 0.0759. The maximum absolute atomic E-state index is 10.1. The van der Waals surface area contributed by atoms with Gasteiger partial charge in [0.2, 0.25) is 0 Å². The van der Waals surface area contributed by atoms with Crippen molar-refractivity contribution in [3.8, 4) is 23.0 Å². The molecular weight excluding hydrogens is 352 g/mol. The van der Waals surface area contributed by atoms with Crippen molar-refractivity contribution >= 4 is 0 Å². The molecule has 0 fully saturated rings. The molecule has 2 atom stereocenters. The Kier molecular flexibility index (Phi) is 4.11. The van der Waals surface area contributed by atoms with Crippen LogP contribution in [0.15, 0.2) is 24.3 Å². The van der Waals surface area contributed by atoms with Gasteiger partial charge in [-0.1, -0.05) is 27.7 Å². The Bertz CT molecular complexity index is 865. The number of hydrogen-bond acceptors (Lipinski definition) is 4. The summed E-state index contributed by atoms with van der Waals surface area (Å²) >= 11 is 0. The molecule has 2 aromatic carbocycles. The summed E-state index contributed by atoms with van der Waals surface area (Å²) in [5.41, 5.74) is 3.48. The third-order valence-electron chi connectivity index (χ3n) is 6.45. The molecule has 2 heterocycles. The number of rotatable bonds is 1. The smallest absolute Gasteiger partial charge is 0.136 e. The lowest BCUT2D eigenvalue weighted by Crippen LogP contribution is -2.48. The molecule has 4 heteroatoms. The summed E-state index contributed by atoms with van der Waals surface area (Å²) in [7, 11) is 0. The van der Waals surface area contributed by atoms with Crippen molar-refractivity contribution in [3.05, 3.63) is 46.5 Å². The van der Waals surface area contributed by atoms with Crippen LogP contribution in [0.2, 0.25) is 0 Å². The summed E-state index contributed by atoms with van der Waals surface area (Å²) < 4.78 is 12.8. The molecule has 0 bridgehead atoms. The highest BCUT2D eigenvalue weighted by Gasteiger charge is 2.44. The number of hydrogen-bond donors (Lipinski definition) is 2. The Morgan fingerprint density at radius 3 is 1.43 bits per heavy atom. The summed E-state index contributed by atoms with van der Waals surface area (Å²) in [5, 5.41) is 20.3. The first kappa shape index (κ1) is 19.0. The molecule has 0 saturated carbocycles. The lowest BCUT2D eigenvalue weighted by atomic mass is 9.72. The van der Waals surface area contributed by atoms with Crippen LogP contribution in [0, 0.1) is 13.8 Å². The van der Waals surface area contributed by atoms with Crippen LogP contribution in [-0.4, -0.2) is 22.4 Å². The molecule has 0 aromatic heterocycles. The van der Waals surface area contributed by atoms with Crippen LogP contribution in [0.25, 0.3) is 0 Å². The molecule has 2 aliphatic rings. The van der Waals surface area contributed by atoms with E-state index < -0.39 is 0 Å². The third kappa shape index (κ3) is 2.99. The Balaban J connectivity index is 1.70. The number of phenols is 2. The van der Waals surface area contributed by atoms with E-state index in [0.717, 1.165) is 46.6 Å². The van der Waals surface area contributed by atoms with Gasteiger partial charge in [0.1, 0.15) is 35.2 Å². The minimum Gasteiger partial charge on any atom is -0.508 e. The highest BCUT2D eigenvalue weighted by atomic mass is 16.5. The van der Waals surface area contributed by atoms with E-state index in [1.54, 1.807) is 0 Å². The quantitative estimate of drug-likeness (QED) is 0.705. The second kappa shape index (κ2) is 6.07. The van der Waals surface area contributed by atoms with Gasteiger partial charge in [-0.05, 0) is 72.9 Å². The number of aromatic hydroxyl groups is 2. The molecule has 0 spiro atoms. The van der Waals surface area contributed by atoms with E-state index in [4.69, 9.17) is 9.47 Å². The maximum atomic E-state index is 10.1. The number of phenolic OH excluding ortho intramolecular Hbond substituents is 2. The second-order valence-electron chi connectivity index (χ2n) is 9.76. The highest BCUT2D eigenvalue weighted by Crippen LogP contribution is 2.48. The first-order chi connectivity index (χ1) is 13.0. The molecule has 4 nitrogen and oxygen atoms in total. The lowest BCUT2D eigenvalue weighted by Gasteiger charge is -2.45. The topological polar surface area (TPSA) is 58.9 Å². The molecule has 28 heavy (non-hydrogen) atoms. The number of benzene rings is 2. The fraction of sp³-hybridized carbons (Fsp3) is 0.500. The zero-order valence-electron chi connectivity index (χ0n) is 17.6. The fourth-order valence-electron chi connectivity index (χ4n) is 4.64. The number of ether oxygens (including phenoxy) is 2. The van der Waals surface area contributed by atoms with Gasteiger partial charge in [0, 0.05) is 11.1 Å². The Morgan fingerprint density at radius 1 is 0.714 bits per heavy atom. The molecule has 4 rings (SSSR count). The summed E-state index contributed by atoms with van der Waals surface area (Å²) in [4.78, 5) is 0. The van der Waals surface area contributed by atoms with Crippen molar-refractivity contribution in [1.29, 1.82) is 0 Å².